The predicted octanol–water partition coefficient (Wildman–Crippen LogP) is 3.80. The summed E-state index contributed by atoms with van der Waals surface area (Å²) in [5, 5.41) is 3.58. The van der Waals surface area contributed by atoms with E-state index in [1.165, 1.54) is 64.5 Å². The maximum atomic E-state index is 4.50. The van der Waals surface area contributed by atoms with Crippen molar-refractivity contribution in [2.24, 2.45) is 16.8 Å². The molecule has 0 bridgehead atoms. The molecule has 1 N–H and O–H groups in total. The number of allylic oxidation sites excluding steroid dienone is 1. The zero-order valence-corrected chi connectivity index (χ0v) is 15.6. The van der Waals surface area contributed by atoms with Crippen LogP contribution in [0.3, 0.4) is 0 Å². The lowest BCUT2D eigenvalue weighted by Crippen LogP contribution is -2.40. The summed E-state index contributed by atoms with van der Waals surface area (Å²) in [6, 6.07) is 0. The summed E-state index contributed by atoms with van der Waals surface area (Å²) in [6.07, 6.45) is 13.3. The number of hydrogen-bond acceptors (Lipinski definition) is 1. The van der Waals surface area contributed by atoms with Gasteiger partial charge in [0.25, 0.3) is 0 Å². The van der Waals surface area contributed by atoms with Crippen molar-refractivity contribution in [3.05, 3.63) is 11.6 Å². The van der Waals surface area contributed by atoms with Crippen LogP contribution in [-0.2, 0) is 0 Å². The Morgan fingerprint density at radius 2 is 1.95 bits per heavy atom. The van der Waals surface area contributed by atoms with Gasteiger partial charge in [-0.15, -0.1) is 24.0 Å². The summed E-state index contributed by atoms with van der Waals surface area (Å²) >= 11 is 0. The SMILES string of the molecule is CN=C(NCCC1=CCCC1)N1CC2CCCCC2C1.I. The molecule has 0 amide bonds. The number of halogens is 1. The normalized spacial score (nSPS) is 28.9. The van der Waals surface area contributed by atoms with Crippen molar-refractivity contribution in [3.63, 3.8) is 0 Å². The molecule has 1 saturated heterocycles. The van der Waals surface area contributed by atoms with Crippen LogP contribution in [0.5, 0.6) is 0 Å². The summed E-state index contributed by atoms with van der Waals surface area (Å²) in [6.45, 7) is 3.50. The van der Waals surface area contributed by atoms with E-state index in [2.05, 4.69) is 21.3 Å². The van der Waals surface area contributed by atoms with Crippen molar-refractivity contribution in [1.29, 1.82) is 0 Å². The van der Waals surface area contributed by atoms with Gasteiger partial charge in [0.05, 0.1) is 0 Å². The highest BCUT2D eigenvalue weighted by Crippen LogP contribution is 2.35. The van der Waals surface area contributed by atoms with Gasteiger partial charge in [-0.1, -0.05) is 24.5 Å². The molecule has 2 atom stereocenters. The van der Waals surface area contributed by atoms with Crippen LogP contribution >= 0.6 is 24.0 Å². The Balaban J connectivity index is 0.00000161. The maximum Gasteiger partial charge on any atom is 0.193 e. The number of hydrogen-bond donors (Lipinski definition) is 1. The Labute approximate surface area is 146 Å². The molecule has 1 heterocycles. The van der Waals surface area contributed by atoms with Gasteiger partial charge in [0.2, 0.25) is 0 Å². The first kappa shape index (κ1) is 17.1. The quantitative estimate of drug-likeness (QED) is 0.336. The molecule has 2 aliphatic carbocycles. The highest BCUT2D eigenvalue weighted by molar-refractivity contribution is 14.0. The predicted molar refractivity (Wildman–Crippen MR) is 100 cm³/mol. The zero-order valence-electron chi connectivity index (χ0n) is 13.3. The van der Waals surface area contributed by atoms with E-state index in [0.29, 0.717) is 0 Å². The first-order valence-electron chi connectivity index (χ1n) is 8.50. The minimum absolute atomic E-state index is 0. The van der Waals surface area contributed by atoms with Crippen LogP contribution in [0.15, 0.2) is 16.6 Å². The molecule has 0 aromatic heterocycles. The van der Waals surface area contributed by atoms with Gasteiger partial charge in [-0.05, 0) is 50.4 Å². The third kappa shape index (κ3) is 4.36. The summed E-state index contributed by atoms with van der Waals surface area (Å²) in [7, 11) is 1.93. The molecule has 1 aliphatic heterocycles. The minimum Gasteiger partial charge on any atom is -0.356 e. The average Bonchev–Trinajstić information content (AvgIpc) is 3.12. The third-order valence-corrected chi connectivity index (χ3v) is 5.35. The number of nitrogens with zero attached hydrogens (tertiary/aromatic N) is 2. The van der Waals surface area contributed by atoms with Gasteiger partial charge < -0.3 is 10.2 Å². The van der Waals surface area contributed by atoms with Gasteiger partial charge in [-0.25, -0.2) is 0 Å². The number of guanidine groups is 1. The largest absolute Gasteiger partial charge is 0.356 e. The molecule has 0 aromatic carbocycles. The second-order valence-electron chi connectivity index (χ2n) is 6.69. The molecule has 3 nitrogen and oxygen atoms in total. The lowest BCUT2D eigenvalue weighted by molar-refractivity contribution is 0.299. The number of likely N-dealkylation sites (tertiary alicyclic amines) is 1. The second kappa shape index (κ2) is 8.39. The van der Waals surface area contributed by atoms with Crippen LogP contribution < -0.4 is 5.32 Å². The van der Waals surface area contributed by atoms with Gasteiger partial charge in [-0.2, -0.15) is 0 Å². The molecule has 3 aliphatic rings. The van der Waals surface area contributed by atoms with Crippen LogP contribution in [0.1, 0.15) is 51.4 Å². The van der Waals surface area contributed by atoms with E-state index in [9.17, 15) is 0 Å². The minimum atomic E-state index is 0. The summed E-state index contributed by atoms with van der Waals surface area (Å²) in [5.74, 6) is 3.00. The van der Waals surface area contributed by atoms with E-state index >= 15 is 0 Å². The van der Waals surface area contributed by atoms with Gasteiger partial charge in [0.15, 0.2) is 5.96 Å². The summed E-state index contributed by atoms with van der Waals surface area (Å²) in [5.41, 5.74) is 1.64. The molecule has 2 fully saturated rings. The highest BCUT2D eigenvalue weighted by atomic mass is 127. The standard InChI is InChI=1S/C17H29N3.HI/c1-18-17(19-11-10-14-6-2-3-7-14)20-12-15-8-4-5-9-16(15)13-20;/h6,15-16H,2-5,7-13H2,1H3,(H,18,19);1H. The number of rotatable bonds is 3. The molecule has 1 saturated carbocycles. The van der Waals surface area contributed by atoms with Gasteiger partial charge in [0, 0.05) is 26.7 Å². The molecule has 120 valence electrons. The van der Waals surface area contributed by atoms with Crippen LogP contribution in [-0.4, -0.2) is 37.5 Å². The van der Waals surface area contributed by atoms with Crippen LogP contribution in [0.2, 0.25) is 0 Å². The highest BCUT2D eigenvalue weighted by Gasteiger charge is 2.35. The fraction of sp³-hybridized carbons (Fsp3) is 0.824. The van der Waals surface area contributed by atoms with Crippen molar-refractivity contribution in [3.8, 4) is 0 Å². The maximum absolute atomic E-state index is 4.50. The molecule has 21 heavy (non-hydrogen) atoms. The number of fused-ring (bicyclic) bond motifs is 1. The van der Waals surface area contributed by atoms with E-state index in [0.717, 1.165) is 24.3 Å². The first-order valence-corrected chi connectivity index (χ1v) is 8.50. The van der Waals surface area contributed by atoms with E-state index in [1.807, 2.05) is 7.05 Å². The first-order chi connectivity index (χ1) is 9.86. The molecule has 3 rings (SSSR count). The lowest BCUT2D eigenvalue weighted by atomic mass is 9.82. The molecule has 0 spiro atoms. The lowest BCUT2D eigenvalue weighted by Gasteiger charge is -2.22. The number of nitrogens with one attached hydrogen (secondary N) is 1. The molecular weight excluding hydrogens is 373 g/mol. The molecule has 0 radical (unpaired) electrons. The summed E-state index contributed by atoms with van der Waals surface area (Å²) < 4.78 is 0. The van der Waals surface area contributed by atoms with Crippen molar-refractivity contribution >= 4 is 29.9 Å². The van der Waals surface area contributed by atoms with Gasteiger partial charge in [0.1, 0.15) is 0 Å². The average molecular weight is 403 g/mol. The Morgan fingerprint density at radius 1 is 1.24 bits per heavy atom. The summed E-state index contributed by atoms with van der Waals surface area (Å²) in [4.78, 5) is 7.01. The van der Waals surface area contributed by atoms with Crippen molar-refractivity contribution < 1.29 is 0 Å². The Morgan fingerprint density at radius 3 is 2.52 bits per heavy atom. The molecule has 4 heteroatoms. The fourth-order valence-corrected chi connectivity index (χ4v) is 4.21. The molecule has 2 unspecified atom stereocenters. The molecule has 0 aromatic rings. The fourth-order valence-electron chi connectivity index (χ4n) is 4.21. The van der Waals surface area contributed by atoms with Crippen molar-refractivity contribution in [2.75, 3.05) is 26.7 Å². The topological polar surface area (TPSA) is 27.6 Å². The second-order valence-corrected chi connectivity index (χ2v) is 6.69. The smallest absolute Gasteiger partial charge is 0.193 e. The monoisotopic (exact) mass is 403 g/mol. The third-order valence-electron chi connectivity index (χ3n) is 5.35. The van der Waals surface area contributed by atoms with E-state index in [4.69, 9.17) is 0 Å². The Hall–Kier alpha value is -0.260. The van der Waals surface area contributed by atoms with Crippen molar-refractivity contribution in [2.45, 2.75) is 51.4 Å². The molecular formula is C17H30IN3. The number of aliphatic imine (C=N–C) groups is 1. The zero-order chi connectivity index (χ0) is 13.8. The van der Waals surface area contributed by atoms with E-state index in [-0.39, 0.29) is 24.0 Å². The Kier molecular flexibility index (Phi) is 6.83. The van der Waals surface area contributed by atoms with E-state index in [1.54, 1.807) is 5.57 Å². The van der Waals surface area contributed by atoms with Gasteiger partial charge >= 0.3 is 0 Å². The van der Waals surface area contributed by atoms with Crippen LogP contribution in [0.4, 0.5) is 0 Å². The van der Waals surface area contributed by atoms with Crippen molar-refractivity contribution in [1.82, 2.24) is 10.2 Å². The van der Waals surface area contributed by atoms with Crippen LogP contribution in [0.25, 0.3) is 0 Å². The van der Waals surface area contributed by atoms with Crippen LogP contribution in [0, 0.1) is 11.8 Å². The van der Waals surface area contributed by atoms with E-state index < -0.39 is 0 Å². The Bertz CT molecular complexity index is 377. The van der Waals surface area contributed by atoms with Gasteiger partial charge in [-0.3, -0.25) is 4.99 Å².